The van der Waals surface area contributed by atoms with Gasteiger partial charge in [0.25, 0.3) is 5.09 Å². The molecule has 0 heterocycles. The summed E-state index contributed by atoms with van der Waals surface area (Å²) in [5.41, 5.74) is -5.65. The summed E-state index contributed by atoms with van der Waals surface area (Å²) < 4.78 is 23.2. The Hall–Kier alpha value is -2.66. The van der Waals surface area contributed by atoms with E-state index in [1.807, 2.05) is 0 Å². The van der Waals surface area contributed by atoms with Gasteiger partial charge in [-0.2, -0.15) is 0 Å². The molecule has 37 heavy (non-hydrogen) atoms. The number of hydrogen-bond donors (Lipinski definition) is 2. The number of carbonyl (C=O) groups excluding carboxylic acids is 3. The molecule has 0 aromatic heterocycles. The summed E-state index contributed by atoms with van der Waals surface area (Å²) in [5, 5.41) is 30.8. The summed E-state index contributed by atoms with van der Waals surface area (Å²) in [4.78, 5) is 52.8. The van der Waals surface area contributed by atoms with E-state index in [1.54, 1.807) is 26.8 Å². The number of rotatable bonds is 8. The topological polar surface area (TPSA) is 153 Å². The molecule has 0 aliphatic heterocycles. The van der Waals surface area contributed by atoms with Crippen molar-refractivity contribution in [2.45, 2.75) is 76.7 Å². The number of hydrogen-bond acceptors (Lipinski definition) is 9. The monoisotopic (exact) mass is 523 g/mol. The Morgan fingerprint density at radius 1 is 1.30 bits per heavy atom. The first-order chi connectivity index (χ1) is 17.3. The number of allylic oxidation sites excluding steroid dienone is 4. The van der Waals surface area contributed by atoms with Crippen LogP contribution in [0.1, 0.15) is 59.3 Å². The predicted molar refractivity (Wildman–Crippen MR) is 126 cm³/mol. The molecule has 10 nitrogen and oxygen atoms in total. The Morgan fingerprint density at radius 3 is 2.65 bits per heavy atom. The minimum Gasteiger partial charge on any atom is -0.450 e. The predicted octanol–water partition coefficient (Wildman–Crippen LogP) is 2.44. The van der Waals surface area contributed by atoms with Crippen molar-refractivity contribution in [3.63, 3.8) is 0 Å². The molecule has 2 N–H and O–H groups in total. The van der Waals surface area contributed by atoms with E-state index in [2.05, 4.69) is 4.84 Å². The van der Waals surface area contributed by atoms with E-state index in [-0.39, 0.29) is 31.7 Å². The fourth-order valence-corrected chi connectivity index (χ4v) is 8.10. The summed E-state index contributed by atoms with van der Waals surface area (Å²) in [6.45, 7) is 3.91. The average Bonchev–Trinajstić information content (AvgIpc) is 3.04. The van der Waals surface area contributed by atoms with Crippen LogP contribution >= 0.6 is 0 Å². The van der Waals surface area contributed by atoms with Gasteiger partial charge in [0.05, 0.1) is 12.7 Å². The number of carbonyl (C=O) groups is 3. The van der Waals surface area contributed by atoms with Gasteiger partial charge in [-0.1, -0.05) is 25.5 Å². The molecule has 3 saturated carbocycles. The van der Waals surface area contributed by atoms with Crippen molar-refractivity contribution >= 4 is 17.5 Å². The molecule has 0 saturated heterocycles. The molecule has 0 amide bonds. The molecule has 204 valence electrons. The van der Waals surface area contributed by atoms with Crippen molar-refractivity contribution in [3.8, 4) is 0 Å². The number of ketones is 2. The summed E-state index contributed by atoms with van der Waals surface area (Å²) in [7, 11) is 0. The van der Waals surface area contributed by atoms with Gasteiger partial charge < -0.3 is 19.8 Å². The SMILES string of the molecule is C[C@@H]1CC2C3CCC4=CC(=O)C=C[C@]4(C)[C@@]3(F)[C@@H](O)C[C@]2(C)[C@@]1(OC(=O)CCCO[N+](=O)[O-])C(=O)CO. The van der Waals surface area contributed by atoms with E-state index < -0.39 is 69.4 Å². The van der Waals surface area contributed by atoms with Crippen LogP contribution in [0.25, 0.3) is 0 Å². The molecule has 0 aromatic carbocycles. The highest BCUT2D eigenvalue weighted by Gasteiger charge is 2.77. The molecule has 0 radical (unpaired) electrons. The number of ether oxygens (including phenoxy) is 1. The maximum Gasteiger partial charge on any atom is 0.306 e. The molecule has 4 rings (SSSR count). The number of halogens is 1. The van der Waals surface area contributed by atoms with Crippen molar-refractivity contribution < 1.29 is 43.6 Å². The van der Waals surface area contributed by atoms with E-state index in [4.69, 9.17) is 4.74 Å². The molecule has 4 aliphatic carbocycles. The molecule has 0 bridgehead atoms. The van der Waals surface area contributed by atoms with Crippen molar-refractivity contribution in [2.75, 3.05) is 13.2 Å². The van der Waals surface area contributed by atoms with Gasteiger partial charge in [-0.15, -0.1) is 10.1 Å². The van der Waals surface area contributed by atoms with Gasteiger partial charge in [0.2, 0.25) is 5.78 Å². The van der Waals surface area contributed by atoms with Crippen LogP contribution in [0, 0.1) is 38.7 Å². The average molecular weight is 524 g/mol. The minimum atomic E-state index is -2.11. The Balaban J connectivity index is 1.70. The Bertz CT molecular complexity index is 1070. The van der Waals surface area contributed by atoms with Crippen LogP contribution in [-0.2, 0) is 24.0 Å². The molecule has 11 heteroatoms. The molecular weight excluding hydrogens is 489 g/mol. The maximum absolute atomic E-state index is 17.3. The molecule has 4 aliphatic rings. The lowest BCUT2D eigenvalue weighted by Gasteiger charge is -2.62. The number of alkyl halides is 1. The van der Waals surface area contributed by atoms with Gasteiger partial charge in [-0.05, 0) is 57.1 Å². The van der Waals surface area contributed by atoms with Crippen LogP contribution in [0.4, 0.5) is 4.39 Å². The zero-order chi connectivity index (χ0) is 27.4. The summed E-state index contributed by atoms with van der Waals surface area (Å²) >= 11 is 0. The van der Waals surface area contributed by atoms with Crippen molar-refractivity contribution in [3.05, 3.63) is 33.9 Å². The lowest BCUT2D eigenvalue weighted by atomic mass is 9.44. The zero-order valence-electron chi connectivity index (χ0n) is 21.3. The minimum absolute atomic E-state index is 0.0188. The number of aliphatic hydroxyl groups excluding tert-OH is 2. The number of nitrogens with zero attached hydrogens (tertiary/aromatic N) is 1. The molecular formula is C26H34FNO9. The third-order valence-electron chi connectivity index (χ3n) is 9.74. The lowest BCUT2D eigenvalue weighted by molar-refractivity contribution is -0.757. The van der Waals surface area contributed by atoms with Crippen molar-refractivity contribution in [1.29, 1.82) is 0 Å². The third kappa shape index (κ3) is 3.76. The second-order valence-corrected chi connectivity index (χ2v) is 11.4. The Kier molecular flexibility index (Phi) is 6.86. The Labute approximate surface area is 214 Å². The first-order valence-corrected chi connectivity index (χ1v) is 12.7. The van der Waals surface area contributed by atoms with Crippen LogP contribution < -0.4 is 0 Å². The number of esters is 1. The standard InChI is InChI=1S/C26H34FNO9/c1-15-11-19-18-7-6-16-12-17(30)8-9-23(16,2)25(18,27)20(31)13-24(19,3)26(15,21(32)14-29)37-22(33)5-4-10-36-28(34)35/h8-9,12,15,18-20,29,31H,4-7,10-11,13-14H2,1-3H3/t15-,18?,19?,20+,23+,24+,25+,26+/m1/s1. The van der Waals surface area contributed by atoms with E-state index in [0.29, 0.717) is 24.8 Å². The second-order valence-electron chi connectivity index (χ2n) is 11.4. The smallest absolute Gasteiger partial charge is 0.306 e. The van der Waals surface area contributed by atoms with Gasteiger partial charge in [0.15, 0.2) is 17.1 Å². The summed E-state index contributed by atoms with van der Waals surface area (Å²) in [5.74, 6) is -3.45. The quantitative estimate of drug-likeness (QED) is 0.211. The van der Waals surface area contributed by atoms with E-state index >= 15 is 4.39 Å². The van der Waals surface area contributed by atoms with Crippen LogP contribution in [0.15, 0.2) is 23.8 Å². The van der Waals surface area contributed by atoms with Crippen LogP contribution in [0.3, 0.4) is 0 Å². The highest BCUT2D eigenvalue weighted by atomic mass is 19.1. The van der Waals surface area contributed by atoms with Crippen molar-refractivity contribution in [1.82, 2.24) is 0 Å². The number of Topliss-reactive ketones (excluding diaryl/α,β-unsaturated/α-hetero) is 1. The van der Waals surface area contributed by atoms with Crippen molar-refractivity contribution in [2.24, 2.45) is 28.6 Å². The number of fused-ring (bicyclic) bond motifs is 5. The molecule has 0 spiro atoms. The fraction of sp³-hybridized carbons (Fsp3) is 0.731. The molecule has 2 unspecified atom stereocenters. The zero-order valence-corrected chi connectivity index (χ0v) is 21.3. The van der Waals surface area contributed by atoms with Gasteiger partial charge in [-0.3, -0.25) is 14.4 Å². The Morgan fingerprint density at radius 2 is 2.00 bits per heavy atom. The van der Waals surface area contributed by atoms with Gasteiger partial charge in [-0.25, -0.2) is 4.39 Å². The molecule has 0 aromatic rings. The van der Waals surface area contributed by atoms with E-state index in [0.717, 1.165) is 0 Å². The molecule has 8 atom stereocenters. The first-order valence-electron chi connectivity index (χ1n) is 12.7. The highest BCUT2D eigenvalue weighted by molar-refractivity contribution is 6.01. The van der Waals surface area contributed by atoms with Gasteiger partial charge in [0, 0.05) is 29.1 Å². The fourth-order valence-electron chi connectivity index (χ4n) is 8.10. The first kappa shape index (κ1) is 27.4. The summed E-state index contributed by atoms with van der Waals surface area (Å²) in [6, 6.07) is 0. The lowest BCUT2D eigenvalue weighted by Crippen LogP contribution is -2.70. The van der Waals surface area contributed by atoms with Crippen LogP contribution in [0.5, 0.6) is 0 Å². The van der Waals surface area contributed by atoms with Crippen LogP contribution in [-0.4, -0.2) is 63.4 Å². The van der Waals surface area contributed by atoms with Gasteiger partial charge >= 0.3 is 5.97 Å². The van der Waals surface area contributed by atoms with Gasteiger partial charge in [0.1, 0.15) is 6.61 Å². The van der Waals surface area contributed by atoms with E-state index in [9.17, 15) is 34.7 Å². The number of aliphatic hydroxyl groups is 2. The second kappa shape index (κ2) is 9.27. The van der Waals surface area contributed by atoms with E-state index in [1.165, 1.54) is 12.2 Å². The summed E-state index contributed by atoms with van der Waals surface area (Å²) in [6.07, 6.45) is 3.44. The maximum atomic E-state index is 17.3. The largest absolute Gasteiger partial charge is 0.450 e. The van der Waals surface area contributed by atoms with Crippen LogP contribution in [0.2, 0.25) is 0 Å². The highest BCUT2D eigenvalue weighted by Crippen LogP contribution is 2.71. The molecule has 3 fully saturated rings. The third-order valence-corrected chi connectivity index (χ3v) is 9.74. The normalized spacial score (nSPS) is 42.2.